The van der Waals surface area contributed by atoms with Gasteiger partial charge in [-0.1, -0.05) is 48.2 Å². The average Bonchev–Trinajstić information content (AvgIpc) is 3.10. The lowest BCUT2D eigenvalue weighted by Gasteiger charge is -2.10. The number of nitrogens with one attached hydrogen (secondary N) is 2. The minimum absolute atomic E-state index is 0.0834. The van der Waals surface area contributed by atoms with Crippen LogP contribution in [0.15, 0.2) is 47.6 Å². The van der Waals surface area contributed by atoms with Crippen LogP contribution in [-0.4, -0.2) is 26.8 Å². The van der Waals surface area contributed by atoms with Crippen LogP contribution in [0.4, 0.5) is 5.69 Å². The number of aromatic nitrogens is 3. The van der Waals surface area contributed by atoms with E-state index in [2.05, 4.69) is 20.5 Å². The molecule has 3 aromatic rings. The van der Waals surface area contributed by atoms with Gasteiger partial charge in [-0.2, -0.15) is 0 Å². The Labute approximate surface area is 162 Å². The van der Waals surface area contributed by atoms with Gasteiger partial charge in [0.1, 0.15) is 12.4 Å². The number of aryl methyl sites for hydroxylation is 3. The predicted molar refractivity (Wildman–Crippen MR) is 107 cm³/mol. The molecule has 1 aromatic heterocycles. The standard InChI is InChI=1S/C20H22N4O2S/c1-13-7-4-5-10-16(13)26-11-17-21-20(24-23-17)27-12-18(25)22-19-14(2)8-6-9-15(19)3/h4-10H,11-12H2,1-3H3,(H,22,25)(H,21,23,24). The number of H-pyrrole nitrogens is 1. The van der Waals surface area contributed by atoms with Gasteiger partial charge in [0.2, 0.25) is 11.1 Å². The van der Waals surface area contributed by atoms with Crippen LogP contribution in [0, 0.1) is 20.8 Å². The lowest BCUT2D eigenvalue weighted by atomic mass is 10.1. The maximum absolute atomic E-state index is 12.2. The van der Waals surface area contributed by atoms with Crippen LogP contribution in [0.1, 0.15) is 22.5 Å². The van der Waals surface area contributed by atoms with E-state index in [0.29, 0.717) is 17.6 Å². The van der Waals surface area contributed by atoms with Gasteiger partial charge in [0, 0.05) is 5.69 Å². The van der Waals surface area contributed by atoms with Crippen molar-refractivity contribution in [3.8, 4) is 5.75 Å². The lowest BCUT2D eigenvalue weighted by Crippen LogP contribution is -2.15. The van der Waals surface area contributed by atoms with Crippen molar-refractivity contribution in [2.75, 3.05) is 11.1 Å². The maximum atomic E-state index is 12.2. The summed E-state index contributed by atoms with van der Waals surface area (Å²) in [6.45, 7) is 6.25. The number of amides is 1. The highest BCUT2D eigenvalue weighted by Crippen LogP contribution is 2.21. The Morgan fingerprint density at radius 1 is 1.07 bits per heavy atom. The van der Waals surface area contributed by atoms with E-state index in [9.17, 15) is 4.79 Å². The van der Waals surface area contributed by atoms with E-state index >= 15 is 0 Å². The molecule has 7 heteroatoms. The zero-order valence-corrected chi connectivity index (χ0v) is 16.4. The number of thioether (sulfide) groups is 1. The van der Waals surface area contributed by atoms with Crippen LogP contribution in [-0.2, 0) is 11.4 Å². The molecule has 0 aliphatic heterocycles. The Hall–Kier alpha value is -2.80. The van der Waals surface area contributed by atoms with Gasteiger partial charge < -0.3 is 10.1 Å². The minimum Gasteiger partial charge on any atom is -0.485 e. The Kier molecular flexibility index (Phi) is 6.13. The normalized spacial score (nSPS) is 10.6. The first-order valence-electron chi connectivity index (χ1n) is 8.61. The summed E-state index contributed by atoms with van der Waals surface area (Å²) in [5, 5.41) is 10.5. The van der Waals surface area contributed by atoms with Crippen molar-refractivity contribution in [1.82, 2.24) is 15.2 Å². The van der Waals surface area contributed by atoms with Gasteiger partial charge in [-0.05, 0) is 43.5 Å². The third-order valence-electron chi connectivity index (χ3n) is 4.05. The molecular weight excluding hydrogens is 360 g/mol. The fraction of sp³-hybridized carbons (Fsp3) is 0.250. The van der Waals surface area contributed by atoms with Crippen LogP contribution in [0.5, 0.6) is 5.75 Å². The molecule has 6 nitrogen and oxygen atoms in total. The second kappa shape index (κ2) is 8.73. The third-order valence-corrected chi connectivity index (χ3v) is 4.89. The van der Waals surface area contributed by atoms with Gasteiger partial charge in [-0.15, -0.1) is 5.10 Å². The molecular formula is C20H22N4O2S. The van der Waals surface area contributed by atoms with Gasteiger partial charge in [-0.3, -0.25) is 9.89 Å². The van der Waals surface area contributed by atoms with Crippen LogP contribution in [0.3, 0.4) is 0 Å². The number of anilines is 1. The Morgan fingerprint density at radius 2 is 1.78 bits per heavy atom. The summed E-state index contributed by atoms with van der Waals surface area (Å²) >= 11 is 1.28. The number of hydrogen-bond donors (Lipinski definition) is 2. The second-order valence-corrected chi connectivity index (χ2v) is 7.17. The highest BCUT2D eigenvalue weighted by Gasteiger charge is 2.11. The number of aromatic amines is 1. The molecule has 0 spiro atoms. The number of rotatable bonds is 7. The zero-order valence-electron chi connectivity index (χ0n) is 15.6. The minimum atomic E-state index is -0.0834. The molecule has 0 saturated heterocycles. The highest BCUT2D eigenvalue weighted by atomic mass is 32.2. The largest absolute Gasteiger partial charge is 0.485 e. The first kappa shape index (κ1) is 19.0. The summed E-state index contributed by atoms with van der Waals surface area (Å²) in [5.74, 6) is 1.59. The molecule has 0 bridgehead atoms. The molecule has 3 rings (SSSR count). The molecule has 0 radical (unpaired) electrons. The number of benzene rings is 2. The predicted octanol–water partition coefficient (Wildman–Crippen LogP) is 4.04. The maximum Gasteiger partial charge on any atom is 0.234 e. The molecule has 27 heavy (non-hydrogen) atoms. The first-order valence-corrected chi connectivity index (χ1v) is 9.60. The third kappa shape index (κ3) is 5.10. The molecule has 1 heterocycles. The van der Waals surface area contributed by atoms with Gasteiger partial charge in [0.15, 0.2) is 5.82 Å². The second-order valence-electron chi connectivity index (χ2n) is 6.22. The molecule has 2 aromatic carbocycles. The summed E-state index contributed by atoms with van der Waals surface area (Å²) in [7, 11) is 0. The van der Waals surface area contributed by atoms with Crippen LogP contribution >= 0.6 is 11.8 Å². The van der Waals surface area contributed by atoms with E-state index in [-0.39, 0.29) is 11.7 Å². The van der Waals surface area contributed by atoms with E-state index in [1.165, 1.54) is 11.8 Å². The zero-order chi connectivity index (χ0) is 19.2. The Balaban J connectivity index is 1.50. The molecule has 0 unspecified atom stereocenters. The molecule has 0 aliphatic rings. The highest BCUT2D eigenvalue weighted by molar-refractivity contribution is 7.99. The summed E-state index contributed by atoms with van der Waals surface area (Å²) < 4.78 is 5.74. The van der Waals surface area contributed by atoms with E-state index in [0.717, 1.165) is 28.1 Å². The van der Waals surface area contributed by atoms with Crippen molar-refractivity contribution >= 4 is 23.4 Å². The molecule has 0 aliphatic carbocycles. The lowest BCUT2D eigenvalue weighted by molar-refractivity contribution is -0.113. The summed E-state index contributed by atoms with van der Waals surface area (Å²) in [6.07, 6.45) is 0. The van der Waals surface area contributed by atoms with Crippen molar-refractivity contribution < 1.29 is 9.53 Å². The van der Waals surface area contributed by atoms with Crippen molar-refractivity contribution in [1.29, 1.82) is 0 Å². The topological polar surface area (TPSA) is 79.9 Å². The van der Waals surface area contributed by atoms with Gasteiger partial charge >= 0.3 is 0 Å². The Bertz CT molecular complexity index is 919. The van der Waals surface area contributed by atoms with Crippen LogP contribution in [0.25, 0.3) is 0 Å². The van der Waals surface area contributed by atoms with E-state index < -0.39 is 0 Å². The fourth-order valence-electron chi connectivity index (χ4n) is 2.59. The van der Waals surface area contributed by atoms with Crippen molar-refractivity contribution in [2.45, 2.75) is 32.5 Å². The average molecular weight is 382 g/mol. The fourth-order valence-corrected chi connectivity index (χ4v) is 3.21. The van der Waals surface area contributed by atoms with Crippen molar-refractivity contribution in [3.63, 3.8) is 0 Å². The number of hydrogen-bond acceptors (Lipinski definition) is 5. The Morgan fingerprint density at radius 3 is 2.52 bits per heavy atom. The molecule has 140 valence electrons. The number of nitrogens with zero attached hydrogens (tertiary/aromatic N) is 2. The van der Waals surface area contributed by atoms with E-state index in [1.807, 2.05) is 63.2 Å². The quantitative estimate of drug-likeness (QED) is 0.603. The van der Waals surface area contributed by atoms with Crippen molar-refractivity contribution in [2.24, 2.45) is 0 Å². The van der Waals surface area contributed by atoms with Crippen LogP contribution in [0.2, 0.25) is 0 Å². The van der Waals surface area contributed by atoms with Crippen molar-refractivity contribution in [3.05, 3.63) is 65.0 Å². The molecule has 0 atom stereocenters. The monoisotopic (exact) mass is 382 g/mol. The van der Waals surface area contributed by atoms with Crippen LogP contribution < -0.4 is 10.1 Å². The number of ether oxygens (including phenoxy) is 1. The van der Waals surface area contributed by atoms with Gasteiger partial charge in [0.25, 0.3) is 0 Å². The summed E-state index contributed by atoms with van der Waals surface area (Å²) in [5.41, 5.74) is 4.02. The van der Waals surface area contributed by atoms with Gasteiger partial charge in [-0.25, -0.2) is 4.98 Å². The van der Waals surface area contributed by atoms with E-state index in [4.69, 9.17) is 4.74 Å². The molecule has 0 saturated carbocycles. The summed E-state index contributed by atoms with van der Waals surface area (Å²) in [4.78, 5) is 16.6. The smallest absolute Gasteiger partial charge is 0.234 e. The van der Waals surface area contributed by atoms with Gasteiger partial charge in [0.05, 0.1) is 5.75 Å². The first-order chi connectivity index (χ1) is 13.0. The molecule has 1 amide bonds. The summed E-state index contributed by atoms with van der Waals surface area (Å²) in [6, 6.07) is 13.7. The molecule has 2 N–H and O–H groups in total. The van der Waals surface area contributed by atoms with E-state index in [1.54, 1.807) is 0 Å². The molecule has 0 fully saturated rings. The number of carbonyl (C=O) groups excluding carboxylic acids is 1. The SMILES string of the molecule is Cc1ccccc1OCc1nc(SCC(=O)Nc2c(C)cccc2C)n[nH]1. The number of para-hydroxylation sites is 2. The number of carbonyl (C=O) groups is 1.